The molecule has 0 spiro atoms. The van der Waals surface area contributed by atoms with Crippen molar-refractivity contribution in [3.8, 4) is 5.75 Å². The molecule has 0 radical (unpaired) electrons. The maximum absolute atomic E-state index is 5.78. The van der Waals surface area contributed by atoms with E-state index in [0.29, 0.717) is 0 Å². The topological polar surface area (TPSA) is 34.1 Å². The Morgan fingerprint density at radius 2 is 2.06 bits per heavy atom. The standard InChI is InChI=1S/C14H22N2O/c1-11(2)17-12-7-6-10-15-13(12)16-14(3)8-4-5-9-14/h6-7,10-11H,4-5,8-9H2,1-3H3,(H,15,16). The number of hydrogen-bond donors (Lipinski definition) is 1. The van der Waals surface area contributed by atoms with Crippen LogP contribution in [0.2, 0.25) is 0 Å². The van der Waals surface area contributed by atoms with Gasteiger partial charge in [-0.1, -0.05) is 12.8 Å². The molecule has 1 aliphatic carbocycles. The molecule has 3 nitrogen and oxygen atoms in total. The lowest BCUT2D eigenvalue weighted by molar-refractivity contribution is 0.242. The Morgan fingerprint density at radius 3 is 2.71 bits per heavy atom. The van der Waals surface area contributed by atoms with Crippen molar-refractivity contribution in [3.05, 3.63) is 18.3 Å². The lowest BCUT2D eigenvalue weighted by Gasteiger charge is -2.27. The molecular weight excluding hydrogens is 212 g/mol. The Morgan fingerprint density at radius 1 is 1.35 bits per heavy atom. The zero-order valence-electron chi connectivity index (χ0n) is 11.0. The third-order valence-electron chi connectivity index (χ3n) is 3.26. The average molecular weight is 234 g/mol. The van der Waals surface area contributed by atoms with E-state index in [9.17, 15) is 0 Å². The van der Waals surface area contributed by atoms with Gasteiger partial charge in [-0.3, -0.25) is 0 Å². The average Bonchev–Trinajstić information content (AvgIpc) is 2.67. The van der Waals surface area contributed by atoms with Crippen molar-refractivity contribution in [1.29, 1.82) is 0 Å². The smallest absolute Gasteiger partial charge is 0.169 e. The molecule has 94 valence electrons. The van der Waals surface area contributed by atoms with E-state index >= 15 is 0 Å². The molecule has 2 rings (SSSR count). The number of nitrogens with one attached hydrogen (secondary N) is 1. The molecule has 0 atom stereocenters. The lowest BCUT2D eigenvalue weighted by Crippen LogP contribution is -2.31. The Balaban J connectivity index is 2.14. The summed E-state index contributed by atoms with van der Waals surface area (Å²) in [6.07, 6.45) is 7.02. The van der Waals surface area contributed by atoms with Gasteiger partial charge in [-0.2, -0.15) is 0 Å². The van der Waals surface area contributed by atoms with Crippen LogP contribution in [0.4, 0.5) is 5.82 Å². The van der Waals surface area contributed by atoms with E-state index in [2.05, 4.69) is 17.2 Å². The minimum Gasteiger partial charge on any atom is -0.487 e. The molecule has 17 heavy (non-hydrogen) atoms. The summed E-state index contributed by atoms with van der Waals surface area (Å²) in [5.41, 5.74) is 0.184. The zero-order valence-corrected chi connectivity index (χ0v) is 11.0. The molecule has 3 heteroatoms. The second-order valence-corrected chi connectivity index (χ2v) is 5.41. The van der Waals surface area contributed by atoms with E-state index in [1.807, 2.05) is 32.2 Å². The predicted octanol–water partition coefficient (Wildman–Crippen LogP) is 3.61. The summed E-state index contributed by atoms with van der Waals surface area (Å²) < 4.78 is 5.78. The number of aromatic nitrogens is 1. The van der Waals surface area contributed by atoms with Gasteiger partial charge in [0.05, 0.1) is 6.10 Å². The fourth-order valence-electron chi connectivity index (χ4n) is 2.40. The van der Waals surface area contributed by atoms with E-state index in [1.54, 1.807) is 0 Å². The van der Waals surface area contributed by atoms with Crippen LogP contribution in [-0.2, 0) is 0 Å². The van der Waals surface area contributed by atoms with Gasteiger partial charge in [-0.15, -0.1) is 0 Å². The molecule has 1 saturated carbocycles. The second kappa shape index (κ2) is 4.94. The van der Waals surface area contributed by atoms with Crippen LogP contribution >= 0.6 is 0 Å². The van der Waals surface area contributed by atoms with Gasteiger partial charge in [0.2, 0.25) is 0 Å². The molecular formula is C14H22N2O. The van der Waals surface area contributed by atoms with Crippen molar-refractivity contribution in [3.63, 3.8) is 0 Å². The molecule has 1 heterocycles. The summed E-state index contributed by atoms with van der Waals surface area (Å²) in [7, 11) is 0. The van der Waals surface area contributed by atoms with Crippen LogP contribution in [0.5, 0.6) is 5.75 Å². The summed E-state index contributed by atoms with van der Waals surface area (Å²) in [6, 6.07) is 3.90. The third-order valence-corrected chi connectivity index (χ3v) is 3.26. The highest BCUT2D eigenvalue weighted by Crippen LogP contribution is 2.34. The molecule has 1 N–H and O–H groups in total. The Kier molecular flexibility index (Phi) is 3.55. The number of ether oxygens (including phenoxy) is 1. The molecule has 1 aromatic heterocycles. The molecule has 0 saturated heterocycles. The fraction of sp³-hybridized carbons (Fsp3) is 0.643. The van der Waals surface area contributed by atoms with E-state index < -0.39 is 0 Å². The molecule has 0 unspecified atom stereocenters. The number of hydrogen-bond acceptors (Lipinski definition) is 3. The van der Waals surface area contributed by atoms with Crippen LogP contribution in [0.1, 0.15) is 46.5 Å². The normalized spacial score (nSPS) is 18.4. The van der Waals surface area contributed by atoms with Crippen molar-refractivity contribution in [2.75, 3.05) is 5.32 Å². The van der Waals surface area contributed by atoms with Gasteiger partial charge in [0.25, 0.3) is 0 Å². The van der Waals surface area contributed by atoms with Gasteiger partial charge in [0, 0.05) is 11.7 Å². The van der Waals surface area contributed by atoms with Crippen molar-refractivity contribution >= 4 is 5.82 Å². The predicted molar refractivity (Wildman–Crippen MR) is 70.5 cm³/mol. The van der Waals surface area contributed by atoms with E-state index in [4.69, 9.17) is 4.74 Å². The van der Waals surface area contributed by atoms with Gasteiger partial charge in [-0.05, 0) is 45.7 Å². The Labute approximate surface area is 104 Å². The summed E-state index contributed by atoms with van der Waals surface area (Å²) in [5.74, 6) is 1.74. The van der Waals surface area contributed by atoms with Gasteiger partial charge >= 0.3 is 0 Å². The summed E-state index contributed by atoms with van der Waals surface area (Å²) >= 11 is 0. The second-order valence-electron chi connectivity index (χ2n) is 5.41. The monoisotopic (exact) mass is 234 g/mol. The van der Waals surface area contributed by atoms with E-state index in [0.717, 1.165) is 11.6 Å². The van der Waals surface area contributed by atoms with Crippen LogP contribution in [0.3, 0.4) is 0 Å². The molecule has 0 aromatic carbocycles. The minimum absolute atomic E-state index is 0.177. The van der Waals surface area contributed by atoms with Crippen molar-refractivity contribution in [2.45, 2.75) is 58.1 Å². The SMILES string of the molecule is CC(C)Oc1cccnc1NC1(C)CCCC1. The Hall–Kier alpha value is -1.25. The van der Waals surface area contributed by atoms with Crippen LogP contribution < -0.4 is 10.1 Å². The van der Waals surface area contributed by atoms with Crippen molar-refractivity contribution in [2.24, 2.45) is 0 Å². The van der Waals surface area contributed by atoms with Crippen molar-refractivity contribution < 1.29 is 4.74 Å². The maximum atomic E-state index is 5.78. The largest absolute Gasteiger partial charge is 0.487 e. The number of rotatable bonds is 4. The lowest BCUT2D eigenvalue weighted by atomic mass is 10.0. The minimum atomic E-state index is 0.177. The molecule has 0 amide bonds. The van der Waals surface area contributed by atoms with Gasteiger partial charge < -0.3 is 10.1 Å². The zero-order chi connectivity index (χ0) is 12.3. The fourth-order valence-corrected chi connectivity index (χ4v) is 2.40. The first-order chi connectivity index (χ1) is 8.09. The highest BCUT2D eigenvalue weighted by atomic mass is 16.5. The highest BCUT2D eigenvalue weighted by Gasteiger charge is 2.29. The third kappa shape index (κ3) is 3.11. The summed E-state index contributed by atoms with van der Waals surface area (Å²) in [4.78, 5) is 4.40. The van der Waals surface area contributed by atoms with E-state index in [-0.39, 0.29) is 11.6 Å². The summed E-state index contributed by atoms with van der Waals surface area (Å²) in [6.45, 7) is 6.34. The van der Waals surface area contributed by atoms with Crippen molar-refractivity contribution in [1.82, 2.24) is 4.98 Å². The van der Waals surface area contributed by atoms with Crippen LogP contribution in [0, 0.1) is 0 Å². The molecule has 1 aromatic rings. The first-order valence-electron chi connectivity index (χ1n) is 6.49. The first-order valence-corrected chi connectivity index (χ1v) is 6.49. The molecule has 1 fully saturated rings. The number of anilines is 1. The number of nitrogens with zero attached hydrogens (tertiary/aromatic N) is 1. The van der Waals surface area contributed by atoms with Gasteiger partial charge in [-0.25, -0.2) is 4.98 Å². The Bertz CT molecular complexity index is 370. The number of pyridine rings is 1. The van der Waals surface area contributed by atoms with Crippen LogP contribution in [0.15, 0.2) is 18.3 Å². The van der Waals surface area contributed by atoms with Crippen LogP contribution in [-0.4, -0.2) is 16.6 Å². The summed E-state index contributed by atoms with van der Waals surface area (Å²) in [5, 5.41) is 3.56. The van der Waals surface area contributed by atoms with Gasteiger partial charge in [0.15, 0.2) is 11.6 Å². The maximum Gasteiger partial charge on any atom is 0.169 e. The molecule has 0 aliphatic heterocycles. The highest BCUT2D eigenvalue weighted by molar-refractivity contribution is 5.51. The molecule has 1 aliphatic rings. The van der Waals surface area contributed by atoms with Gasteiger partial charge in [0.1, 0.15) is 0 Å². The van der Waals surface area contributed by atoms with Crippen LogP contribution in [0.25, 0.3) is 0 Å². The first kappa shape index (κ1) is 12.2. The van der Waals surface area contributed by atoms with E-state index in [1.165, 1.54) is 25.7 Å². The molecule has 0 bridgehead atoms. The quantitative estimate of drug-likeness (QED) is 0.864.